The average Bonchev–Trinajstić information content (AvgIpc) is 2.47. The van der Waals surface area contributed by atoms with E-state index in [1.165, 1.54) is 7.11 Å². The second-order valence-corrected chi connectivity index (χ2v) is 4.24. The first-order valence-electron chi connectivity index (χ1n) is 6.25. The van der Waals surface area contributed by atoms with Gasteiger partial charge in [-0.3, -0.25) is 4.90 Å². The van der Waals surface area contributed by atoms with Gasteiger partial charge in [0, 0.05) is 19.6 Å². The molecule has 0 aliphatic rings. The highest BCUT2D eigenvalue weighted by Gasteiger charge is 2.11. The first-order chi connectivity index (χ1) is 9.65. The third-order valence-corrected chi connectivity index (χ3v) is 2.89. The van der Waals surface area contributed by atoms with Gasteiger partial charge in [0.25, 0.3) is 0 Å². The molecule has 1 aromatic carbocycles. The average molecular weight is 283 g/mol. The van der Waals surface area contributed by atoms with Crippen molar-refractivity contribution in [1.29, 1.82) is 0 Å². The highest BCUT2D eigenvalue weighted by atomic mass is 16.5. The Morgan fingerprint density at radius 1 is 1.30 bits per heavy atom. The standard InChI is InChI=1S/C13H21N3O4/c1-20-12-3-2-10(8-11(12)13(14)15-19)9-16(4-6-17)5-7-18/h2-3,8,17-19H,4-7,9H2,1H3,(H2,14,15). The minimum absolute atomic E-state index is 0.0171. The van der Waals surface area contributed by atoms with E-state index in [0.29, 0.717) is 30.9 Å². The SMILES string of the molecule is COc1ccc(CN(CCO)CCO)cc1C(N)=NO. The fraction of sp³-hybridized carbons (Fsp3) is 0.462. The van der Waals surface area contributed by atoms with Crippen molar-refractivity contribution < 1.29 is 20.2 Å². The summed E-state index contributed by atoms with van der Waals surface area (Å²) >= 11 is 0. The van der Waals surface area contributed by atoms with Crippen LogP contribution in [0.4, 0.5) is 0 Å². The number of rotatable bonds is 8. The lowest BCUT2D eigenvalue weighted by molar-refractivity contribution is 0.156. The summed E-state index contributed by atoms with van der Waals surface area (Å²) in [4.78, 5) is 1.90. The van der Waals surface area contributed by atoms with E-state index >= 15 is 0 Å². The molecule has 7 nitrogen and oxygen atoms in total. The molecule has 0 unspecified atom stereocenters. The Labute approximate surface area is 117 Å². The molecule has 0 saturated carbocycles. The van der Waals surface area contributed by atoms with Crippen LogP contribution >= 0.6 is 0 Å². The topological polar surface area (TPSA) is 112 Å². The molecule has 5 N–H and O–H groups in total. The summed E-state index contributed by atoms with van der Waals surface area (Å²) in [6, 6.07) is 5.35. The fourth-order valence-electron chi connectivity index (χ4n) is 1.92. The molecule has 0 atom stereocenters. The van der Waals surface area contributed by atoms with Crippen molar-refractivity contribution in [2.24, 2.45) is 10.9 Å². The number of hydrogen-bond donors (Lipinski definition) is 4. The molecular formula is C13H21N3O4. The molecule has 0 saturated heterocycles. The zero-order valence-electron chi connectivity index (χ0n) is 11.5. The second kappa shape index (κ2) is 8.36. The van der Waals surface area contributed by atoms with Gasteiger partial charge in [0.05, 0.1) is 25.9 Å². The Hall–Kier alpha value is -1.83. The van der Waals surface area contributed by atoms with Gasteiger partial charge >= 0.3 is 0 Å². The van der Waals surface area contributed by atoms with E-state index in [2.05, 4.69) is 5.16 Å². The second-order valence-electron chi connectivity index (χ2n) is 4.24. The van der Waals surface area contributed by atoms with E-state index in [1.54, 1.807) is 12.1 Å². The molecule has 0 bridgehead atoms. The summed E-state index contributed by atoms with van der Waals surface area (Å²) in [5, 5.41) is 29.7. The summed E-state index contributed by atoms with van der Waals surface area (Å²) in [7, 11) is 1.51. The van der Waals surface area contributed by atoms with Crippen molar-refractivity contribution in [3.8, 4) is 5.75 Å². The Bertz CT molecular complexity index is 445. The van der Waals surface area contributed by atoms with Gasteiger partial charge in [-0.2, -0.15) is 0 Å². The van der Waals surface area contributed by atoms with Crippen LogP contribution in [0.25, 0.3) is 0 Å². The molecule has 1 rings (SSSR count). The maximum Gasteiger partial charge on any atom is 0.173 e. The summed E-state index contributed by atoms with van der Waals surface area (Å²) in [5.41, 5.74) is 7.03. The van der Waals surface area contributed by atoms with Crippen molar-refractivity contribution >= 4 is 5.84 Å². The Balaban J connectivity index is 2.95. The normalized spacial score (nSPS) is 11.9. The summed E-state index contributed by atoms with van der Waals surface area (Å²) < 4.78 is 5.16. The first kappa shape index (κ1) is 16.2. The number of hydrogen-bond acceptors (Lipinski definition) is 6. The van der Waals surface area contributed by atoms with Gasteiger partial charge in [-0.05, 0) is 17.7 Å². The smallest absolute Gasteiger partial charge is 0.173 e. The molecule has 7 heteroatoms. The van der Waals surface area contributed by atoms with Crippen LogP contribution in [0.2, 0.25) is 0 Å². The van der Waals surface area contributed by atoms with Crippen molar-refractivity contribution in [3.63, 3.8) is 0 Å². The molecule has 0 aromatic heterocycles. The molecule has 20 heavy (non-hydrogen) atoms. The van der Waals surface area contributed by atoms with Crippen LogP contribution in [0.1, 0.15) is 11.1 Å². The summed E-state index contributed by atoms with van der Waals surface area (Å²) in [6.45, 7) is 1.50. The molecule has 0 spiro atoms. The monoisotopic (exact) mass is 283 g/mol. The quantitative estimate of drug-likeness (QED) is 0.223. The van der Waals surface area contributed by atoms with E-state index in [9.17, 15) is 0 Å². The molecule has 0 heterocycles. The lowest BCUT2D eigenvalue weighted by Crippen LogP contribution is -2.29. The lowest BCUT2D eigenvalue weighted by Gasteiger charge is -2.20. The van der Waals surface area contributed by atoms with E-state index in [-0.39, 0.29) is 19.0 Å². The van der Waals surface area contributed by atoms with Gasteiger partial charge in [-0.15, -0.1) is 0 Å². The van der Waals surface area contributed by atoms with Crippen LogP contribution in [-0.4, -0.2) is 59.6 Å². The summed E-state index contributed by atoms with van der Waals surface area (Å²) in [6.07, 6.45) is 0. The Kier molecular flexibility index (Phi) is 6.78. The number of nitrogens with two attached hydrogens (primary N) is 1. The Morgan fingerprint density at radius 2 is 1.95 bits per heavy atom. The summed E-state index contributed by atoms with van der Waals surface area (Å²) in [5.74, 6) is 0.486. The zero-order valence-corrected chi connectivity index (χ0v) is 11.5. The number of ether oxygens (including phenoxy) is 1. The number of aliphatic hydroxyl groups excluding tert-OH is 2. The van der Waals surface area contributed by atoms with Crippen LogP contribution in [0.15, 0.2) is 23.4 Å². The predicted molar refractivity (Wildman–Crippen MR) is 75.0 cm³/mol. The van der Waals surface area contributed by atoms with Crippen LogP contribution < -0.4 is 10.5 Å². The van der Waals surface area contributed by atoms with Crippen LogP contribution in [-0.2, 0) is 6.54 Å². The number of oxime groups is 1. The lowest BCUT2D eigenvalue weighted by atomic mass is 10.1. The van der Waals surface area contributed by atoms with Crippen LogP contribution in [0.5, 0.6) is 5.75 Å². The zero-order chi connectivity index (χ0) is 15.0. The molecule has 112 valence electrons. The number of aliphatic hydroxyl groups is 2. The Morgan fingerprint density at radius 3 is 2.45 bits per heavy atom. The van der Waals surface area contributed by atoms with E-state index in [4.69, 9.17) is 25.9 Å². The highest BCUT2D eigenvalue weighted by Crippen LogP contribution is 2.20. The van der Waals surface area contributed by atoms with Gasteiger partial charge in [0.15, 0.2) is 5.84 Å². The number of nitrogens with zero attached hydrogens (tertiary/aromatic N) is 2. The van der Waals surface area contributed by atoms with Crippen molar-refractivity contribution in [2.75, 3.05) is 33.4 Å². The molecule has 0 amide bonds. The van der Waals surface area contributed by atoms with Crippen molar-refractivity contribution in [1.82, 2.24) is 4.90 Å². The largest absolute Gasteiger partial charge is 0.496 e. The minimum Gasteiger partial charge on any atom is -0.496 e. The van der Waals surface area contributed by atoms with Crippen molar-refractivity contribution in [3.05, 3.63) is 29.3 Å². The maximum atomic E-state index is 8.99. The maximum absolute atomic E-state index is 8.99. The number of methoxy groups -OCH3 is 1. The molecule has 0 aliphatic heterocycles. The molecule has 0 aliphatic carbocycles. The van der Waals surface area contributed by atoms with Gasteiger partial charge in [0.2, 0.25) is 0 Å². The molecule has 0 radical (unpaired) electrons. The minimum atomic E-state index is -0.0282. The molecule has 0 fully saturated rings. The highest BCUT2D eigenvalue weighted by molar-refractivity contribution is 5.99. The van der Waals surface area contributed by atoms with Gasteiger partial charge in [-0.25, -0.2) is 0 Å². The third-order valence-electron chi connectivity index (χ3n) is 2.89. The number of amidine groups is 1. The molecule has 1 aromatic rings. The van der Waals surface area contributed by atoms with Gasteiger partial charge in [-0.1, -0.05) is 11.2 Å². The van der Waals surface area contributed by atoms with E-state index < -0.39 is 0 Å². The fourth-order valence-corrected chi connectivity index (χ4v) is 1.92. The van der Waals surface area contributed by atoms with Gasteiger partial charge < -0.3 is 25.9 Å². The van der Waals surface area contributed by atoms with Crippen LogP contribution in [0, 0.1) is 0 Å². The predicted octanol–water partition coefficient (Wildman–Crippen LogP) is -0.424. The third kappa shape index (κ3) is 4.37. The van der Waals surface area contributed by atoms with E-state index in [1.807, 2.05) is 11.0 Å². The van der Waals surface area contributed by atoms with E-state index in [0.717, 1.165) is 5.56 Å². The van der Waals surface area contributed by atoms with Crippen LogP contribution in [0.3, 0.4) is 0 Å². The van der Waals surface area contributed by atoms with Gasteiger partial charge in [0.1, 0.15) is 5.75 Å². The number of benzene rings is 1. The molecular weight excluding hydrogens is 262 g/mol. The first-order valence-corrected chi connectivity index (χ1v) is 6.25. The van der Waals surface area contributed by atoms with Crippen molar-refractivity contribution in [2.45, 2.75) is 6.54 Å².